The van der Waals surface area contributed by atoms with Gasteiger partial charge in [0.2, 0.25) is 0 Å². The molecule has 2 aliphatic heterocycles. The van der Waals surface area contributed by atoms with Gasteiger partial charge in [-0.05, 0) is 24.2 Å². The van der Waals surface area contributed by atoms with Crippen LogP contribution in [0.15, 0.2) is 17.1 Å². The highest BCUT2D eigenvalue weighted by Crippen LogP contribution is 2.41. The van der Waals surface area contributed by atoms with E-state index in [0.29, 0.717) is 6.54 Å². The Morgan fingerprint density at radius 1 is 1.11 bits per heavy atom. The third kappa shape index (κ3) is 4.35. The van der Waals surface area contributed by atoms with Crippen molar-refractivity contribution in [2.45, 2.75) is 44.0 Å². The lowest BCUT2D eigenvalue weighted by Gasteiger charge is -2.34. The lowest BCUT2D eigenvalue weighted by atomic mass is 10.2. The van der Waals surface area contributed by atoms with Crippen LogP contribution in [-0.2, 0) is 25.3 Å². The van der Waals surface area contributed by atoms with Gasteiger partial charge in [0.25, 0.3) is 5.56 Å². The topological polar surface area (TPSA) is 54.3 Å². The number of nitrogens with zero attached hydrogens (tertiary/aromatic N) is 5. The number of thioether (sulfide) groups is 1. The maximum atomic E-state index is 12.3. The zero-order valence-electron chi connectivity index (χ0n) is 16.2. The zero-order valence-corrected chi connectivity index (χ0v) is 17.8. The van der Waals surface area contributed by atoms with E-state index in [9.17, 15) is 4.79 Å². The van der Waals surface area contributed by atoms with Crippen LogP contribution >= 0.6 is 23.1 Å². The predicted octanol–water partition coefficient (Wildman–Crippen LogP) is 2.18. The van der Waals surface area contributed by atoms with Crippen molar-refractivity contribution in [2.24, 2.45) is 0 Å². The van der Waals surface area contributed by atoms with E-state index >= 15 is 0 Å². The number of rotatable bonds is 6. The number of piperazine rings is 1. The first-order valence-corrected chi connectivity index (χ1v) is 12.3. The molecule has 0 N–H and O–H groups in total. The fourth-order valence-corrected chi connectivity index (χ4v) is 6.04. The standard InChI is InChI=1S/C20H27N5OS2/c26-19-11-16-14-27-10-3-18(16)22-25(19)9-8-23-4-6-24(7-5-23)13-17-12-21-20(28-17)15-1-2-15/h11-12,15H,1-10,13-14H2. The van der Waals surface area contributed by atoms with Gasteiger partial charge in [-0.15, -0.1) is 11.3 Å². The second kappa shape index (κ2) is 8.26. The van der Waals surface area contributed by atoms with Gasteiger partial charge in [0.05, 0.1) is 17.2 Å². The Labute approximate surface area is 173 Å². The Hall–Kier alpha value is -1.22. The van der Waals surface area contributed by atoms with Crippen LogP contribution in [0.2, 0.25) is 0 Å². The first-order valence-electron chi connectivity index (χ1n) is 10.3. The van der Waals surface area contributed by atoms with Crippen molar-refractivity contribution in [3.63, 3.8) is 0 Å². The average Bonchev–Trinajstić information content (AvgIpc) is 3.47. The molecule has 0 aromatic carbocycles. The van der Waals surface area contributed by atoms with E-state index in [1.807, 2.05) is 23.1 Å². The van der Waals surface area contributed by atoms with Gasteiger partial charge in [-0.1, -0.05) is 0 Å². The van der Waals surface area contributed by atoms with Crippen LogP contribution in [0.4, 0.5) is 0 Å². The molecule has 3 aliphatic rings. The summed E-state index contributed by atoms with van der Waals surface area (Å²) in [5.41, 5.74) is 2.31. The number of hydrogen-bond acceptors (Lipinski definition) is 7. The summed E-state index contributed by atoms with van der Waals surface area (Å²) in [4.78, 5) is 23.3. The second-order valence-corrected chi connectivity index (χ2v) is 10.3. The second-order valence-electron chi connectivity index (χ2n) is 8.04. The molecule has 0 unspecified atom stereocenters. The molecule has 2 aromatic rings. The van der Waals surface area contributed by atoms with Crippen LogP contribution < -0.4 is 5.56 Å². The van der Waals surface area contributed by atoms with Crippen molar-refractivity contribution >= 4 is 23.1 Å². The van der Waals surface area contributed by atoms with E-state index in [1.165, 1.54) is 22.7 Å². The first-order chi connectivity index (χ1) is 13.7. The summed E-state index contributed by atoms with van der Waals surface area (Å²) in [6.45, 7) is 6.91. The van der Waals surface area contributed by atoms with Crippen molar-refractivity contribution in [1.82, 2.24) is 24.6 Å². The number of aryl methyl sites for hydroxylation is 1. The van der Waals surface area contributed by atoms with Crippen molar-refractivity contribution in [2.75, 3.05) is 38.5 Å². The molecule has 5 rings (SSSR count). The minimum absolute atomic E-state index is 0.0524. The van der Waals surface area contributed by atoms with Crippen LogP contribution in [0.25, 0.3) is 0 Å². The molecule has 8 heteroatoms. The highest BCUT2D eigenvalue weighted by molar-refractivity contribution is 7.98. The van der Waals surface area contributed by atoms with Gasteiger partial charge >= 0.3 is 0 Å². The predicted molar refractivity (Wildman–Crippen MR) is 114 cm³/mol. The van der Waals surface area contributed by atoms with Crippen LogP contribution in [0.1, 0.15) is 39.9 Å². The summed E-state index contributed by atoms with van der Waals surface area (Å²) in [7, 11) is 0. The molecular formula is C20H27N5OS2. The summed E-state index contributed by atoms with van der Waals surface area (Å²) in [6, 6.07) is 1.80. The van der Waals surface area contributed by atoms with Gasteiger partial charge in [0.15, 0.2) is 0 Å². The summed E-state index contributed by atoms with van der Waals surface area (Å²) in [5.74, 6) is 2.81. The molecule has 0 bridgehead atoms. The van der Waals surface area contributed by atoms with E-state index in [4.69, 9.17) is 0 Å². The number of thiazole rings is 1. The lowest BCUT2D eigenvalue weighted by Crippen LogP contribution is -2.47. The van der Waals surface area contributed by atoms with Crippen molar-refractivity contribution < 1.29 is 0 Å². The molecule has 0 radical (unpaired) electrons. The maximum absolute atomic E-state index is 12.3. The van der Waals surface area contributed by atoms with E-state index in [1.54, 1.807) is 10.7 Å². The Kier molecular flexibility index (Phi) is 5.54. The lowest BCUT2D eigenvalue weighted by molar-refractivity contribution is 0.123. The fraction of sp³-hybridized carbons (Fsp3) is 0.650. The molecule has 1 saturated carbocycles. The largest absolute Gasteiger partial charge is 0.299 e. The molecule has 0 atom stereocenters. The monoisotopic (exact) mass is 417 g/mol. The molecule has 2 aromatic heterocycles. The van der Waals surface area contributed by atoms with Crippen molar-refractivity contribution in [3.05, 3.63) is 43.8 Å². The minimum atomic E-state index is 0.0524. The molecule has 0 amide bonds. The maximum Gasteiger partial charge on any atom is 0.267 e. The van der Waals surface area contributed by atoms with Gasteiger partial charge in [-0.3, -0.25) is 14.6 Å². The molecule has 150 valence electrons. The molecule has 1 saturated heterocycles. The molecule has 28 heavy (non-hydrogen) atoms. The van der Waals surface area contributed by atoms with E-state index in [0.717, 1.165) is 74.4 Å². The number of hydrogen-bond donors (Lipinski definition) is 0. The van der Waals surface area contributed by atoms with Crippen LogP contribution in [-0.4, -0.2) is 63.0 Å². The third-order valence-corrected chi connectivity index (χ3v) is 8.03. The smallest absolute Gasteiger partial charge is 0.267 e. The van der Waals surface area contributed by atoms with E-state index < -0.39 is 0 Å². The molecule has 0 spiro atoms. The fourth-order valence-electron chi connectivity index (χ4n) is 3.96. The Morgan fingerprint density at radius 2 is 1.93 bits per heavy atom. The quantitative estimate of drug-likeness (QED) is 0.718. The zero-order chi connectivity index (χ0) is 18.9. The molecule has 6 nitrogen and oxygen atoms in total. The SMILES string of the molecule is O=c1cc2c(nn1CCN1CCN(Cc3cnc(C4CC4)s3)CC1)CCSC2. The minimum Gasteiger partial charge on any atom is -0.299 e. The van der Waals surface area contributed by atoms with Gasteiger partial charge in [0, 0.05) is 74.5 Å². The third-order valence-electron chi connectivity index (χ3n) is 5.88. The first kappa shape index (κ1) is 18.8. The molecule has 1 aliphatic carbocycles. The highest BCUT2D eigenvalue weighted by Gasteiger charge is 2.27. The van der Waals surface area contributed by atoms with Crippen LogP contribution in [0.5, 0.6) is 0 Å². The van der Waals surface area contributed by atoms with Crippen molar-refractivity contribution in [1.29, 1.82) is 0 Å². The van der Waals surface area contributed by atoms with Gasteiger partial charge in [-0.25, -0.2) is 9.67 Å². The Bertz CT molecular complexity index is 883. The van der Waals surface area contributed by atoms with Crippen LogP contribution in [0, 0.1) is 0 Å². The van der Waals surface area contributed by atoms with E-state index in [-0.39, 0.29) is 5.56 Å². The summed E-state index contributed by atoms with van der Waals surface area (Å²) < 4.78 is 1.68. The number of aromatic nitrogens is 3. The molecule has 2 fully saturated rings. The molecule has 4 heterocycles. The van der Waals surface area contributed by atoms with Crippen molar-refractivity contribution in [3.8, 4) is 0 Å². The van der Waals surface area contributed by atoms with Gasteiger partial charge < -0.3 is 0 Å². The van der Waals surface area contributed by atoms with Gasteiger partial charge in [-0.2, -0.15) is 16.9 Å². The van der Waals surface area contributed by atoms with Crippen LogP contribution in [0.3, 0.4) is 0 Å². The number of fused-ring (bicyclic) bond motifs is 1. The van der Waals surface area contributed by atoms with Gasteiger partial charge in [0.1, 0.15) is 0 Å². The Balaban J connectivity index is 1.11. The van der Waals surface area contributed by atoms with E-state index in [2.05, 4.69) is 26.1 Å². The summed E-state index contributed by atoms with van der Waals surface area (Å²) >= 11 is 3.79. The summed E-state index contributed by atoms with van der Waals surface area (Å²) in [5, 5.41) is 5.98. The highest BCUT2D eigenvalue weighted by atomic mass is 32.2. The molecular weight excluding hydrogens is 390 g/mol. The Morgan fingerprint density at radius 3 is 2.75 bits per heavy atom. The summed E-state index contributed by atoms with van der Waals surface area (Å²) in [6.07, 6.45) is 5.72. The average molecular weight is 418 g/mol. The normalized spacial score (nSPS) is 21.0.